The number of hydrogen-bond donors (Lipinski definition) is 1. The first-order chi connectivity index (χ1) is 6.74. The highest BCUT2D eigenvalue weighted by atomic mass is 16.5. The minimum atomic E-state index is -0.947. The lowest BCUT2D eigenvalue weighted by Crippen LogP contribution is -2.43. The summed E-state index contributed by atoms with van der Waals surface area (Å²) in [5.74, 6) is -1.30. The SMILES string of the molecule is CCC(=O)O[C@H](CC(=O)O)C[N+](C)(C)[11CH3]. The van der Waals surface area contributed by atoms with Gasteiger partial charge in [0.1, 0.15) is 6.54 Å². The van der Waals surface area contributed by atoms with Crippen molar-refractivity contribution in [2.45, 2.75) is 25.9 Å². The van der Waals surface area contributed by atoms with Crippen LogP contribution in [-0.4, -0.2) is 55.3 Å². The second kappa shape index (κ2) is 5.70. The molecule has 0 spiro atoms. The summed E-state index contributed by atoms with van der Waals surface area (Å²) in [6, 6.07) is 0. The van der Waals surface area contributed by atoms with Crippen molar-refractivity contribution in [2.24, 2.45) is 0 Å². The third kappa shape index (κ3) is 7.93. The molecule has 0 aliphatic heterocycles. The molecule has 5 heteroatoms. The highest BCUT2D eigenvalue weighted by Gasteiger charge is 2.23. The molecular weight excluding hydrogens is 197 g/mol. The van der Waals surface area contributed by atoms with Crippen LogP contribution in [0.2, 0.25) is 0 Å². The van der Waals surface area contributed by atoms with Crippen molar-refractivity contribution < 1.29 is 23.9 Å². The number of carbonyl (C=O) groups is 2. The zero-order valence-corrected chi connectivity index (χ0v) is 9.82. The van der Waals surface area contributed by atoms with Crippen molar-refractivity contribution in [1.29, 1.82) is 0 Å². The molecule has 0 amide bonds. The number of nitrogens with zero attached hydrogens (tertiary/aromatic N) is 1. The Bertz CT molecular complexity index is 232. The van der Waals surface area contributed by atoms with Gasteiger partial charge in [0.05, 0.1) is 27.6 Å². The van der Waals surface area contributed by atoms with Crippen LogP contribution in [0.25, 0.3) is 0 Å². The molecule has 0 bridgehead atoms. The molecule has 0 heterocycles. The van der Waals surface area contributed by atoms with E-state index in [1.807, 2.05) is 21.1 Å². The maximum Gasteiger partial charge on any atom is 0.307 e. The number of carbonyl (C=O) groups excluding carboxylic acids is 1. The van der Waals surface area contributed by atoms with E-state index < -0.39 is 12.1 Å². The lowest BCUT2D eigenvalue weighted by molar-refractivity contribution is -0.873. The van der Waals surface area contributed by atoms with Crippen molar-refractivity contribution in [1.82, 2.24) is 0 Å². The Labute approximate surface area is 90.2 Å². The van der Waals surface area contributed by atoms with Crippen LogP contribution in [0, 0.1) is 0 Å². The summed E-state index contributed by atoms with van der Waals surface area (Å²) in [5, 5.41) is 8.67. The Kier molecular flexibility index (Phi) is 5.28. The topological polar surface area (TPSA) is 63.6 Å². The van der Waals surface area contributed by atoms with Crippen LogP contribution in [0.3, 0.4) is 0 Å². The van der Waals surface area contributed by atoms with Gasteiger partial charge in [-0.1, -0.05) is 6.92 Å². The molecule has 0 fully saturated rings. The van der Waals surface area contributed by atoms with Gasteiger partial charge in [0, 0.05) is 6.42 Å². The molecule has 88 valence electrons. The summed E-state index contributed by atoms with van der Waals surface area (Å²) in [6.07, 6.45) is -0.413. The van der Waals surface area contributed by atoms with Crippen molar-refractivity contribution in [3.8, 4) is 0 Å². The van der Waals surface area contributed by atoms with Gasteiger partial charge < -0.3 is 14.3 Å². The van der Waals surface area contributed by atoms with Crippen LogP contribution in [0.15, 0.2) is 0 Å². The molecule has 0 rings (SSSR count). The first-order valence-corrected chi connectivity index (χ1v) is 4.96. The fourth-order valence-corrected chi connectivity index (χ4v) is 1.22. The number of quaternary nitrogens is 1. The van der Waals surface area contributed by atoms with Gasteiger partial charge in [0.2, 0.25) is 0 Å². The monoisotopic (exact) mass is 217 g/mol. The van der Waals surface area contributed by atoms with Gasteiger partial charge in [-0.25, -0.2) is 0 Å². The summed E-state index contributed by atoms with van der Waals surface area (Å²) in [4.78, 5) is 21.6. The molecule has 0 radical (unpaired) electrons. The van der Waals surface area contributed by atoms with E-state index in [2.05, 4.69) is 0 Å². The molecule has 0 saturated carbocycles. The molecule has 0 aliphatic carbocycles. The van der Waals surface area contributed by atoms with Crippen molar-refractivity contribution in [3.63, 3.8) is 0 Å². The van der Waals surface area contributed by atoms with E-state index in [-0.39, 0.29) is 18.8 Å². The van der Waals surface area contributed by atoms with E-state index in [9.17, 15) is 9.59 Å². The molecule has 0 aromatic rings. The fraction of sp³-hybridized carbons (Fsp3) is 0.800. The molecule has 0 aliphatic rings. The summed E-state index contributed by atoms with van der Waals surface area (Å²) in [6.45, 7) is 2.18. The van der Waals surface area contributed by atoms with Gasteiger partial charge in [-0.2, -0.15) is 0 Å². The lowest BCUT2D eigenvalue weighted by atomic mass is 10.2. The number of ether oxygens (including phenoxy) is 1. The lowest BCUT2D eigenvalue weighted by Gasteiger charge is -2.28. The van der Waals surface area contributed by atoms with E-state index in [1.54, 1.807) is 6.92 Å². The standard InChI is InChI=1S/C10H19NO4/c1-5-10(14)15-8(6-9(12)13)7-11(2,3)4/h8H,5-7H2,1-4H3/p+1/t8-/m1/s1/i2-1. The maximum atomic E-state index is 11.1. The molecule has 0 unspecified atom stereocenters. The van der Waals surface area contributed by atoms with Crippen LogP contribution < -0.4 is 0 Å². The van der Waals surface area contributed by atoms with Gasteiger partial charge in [0.25, 0.3) is 0 Å². The summed E-state index contributed by atoms with van der Waals surface area (Å²) >= 11 is 0. The average Bonchev–Trinajstić information content (AvgIpc) is 1.99. The molecule has 0 aromatic heterocycles. The van der Waals surface area contributed by atoms with E-state index in [4.69, 9.17) is 9.84 Å². The molecule has 0 aromatic carbocycles. The highest BCUT2D eigenvalue weighted by Crippen LogP contribution is 2.06. The van der Waals surface area contributed by atoms with E-state index in [1.165, 1.54) is 0 Å². The van der Waals surface area contributed by atoms with Crippen molar-refractivity contribution in [2.75, 3.05) is 27.7 Å². The largest absolute Gasteiger partial charge is 0.481 e. The van der Waals surface area contributed by atoms with Crippen LogP contribution in [0.5, 0.6) is 0 Å². The van der Waals surface area contributed by atoms with Gasteiger partial charge in [-0.3, -0.25) is 9.59 Å². The molecule has 5 nitrogen and oxygen atoms in total. The Morgan fingerprint density at radius 2 is 1.87 bits per heavy atom. The smallest absolute Gasteiger partial charge is 0.307 e. The second-order valence-corrected chi connectivity index (χ2v) is 4.54. The molecular formula is C10H20NO4+. The van der Waals surface area contributed by atoms with Crippen LogP contribution in [0.4, 0.5) is 0 Å². The molecule has 1 atom stereocenters. The predicted molar refractivity (Wildman–Crippen MR) is 55.3 cm³/mol. The highest BCUT2D eigenvalue weighted by molar-refractivity contribution is 5.71. The number of aliphatic carboxylic acids is 1. The van der Waals surface area contributed by atoms with E-state index >= 15 is 0 Å². The number of rotatable bonds is 6. The third-order valence-electron chi connectivity index (χ3n) is 1.74. The molecule has 15 heavy (non-hydrogen) atoms. The first kappa shape index (κ1) is 13.9. The minimum Gasteiger partial charge on any atom is -0.481 e. The number of carboxylic acids is 1. The Morgan fingerprint density at radius 1 is 1.33 bits per heavy atom. The first-order valence-electron chi connectivity index (χ1n) is 4.96. The normalized spacial score (nSPS) is 13.3. The second-order valence-electron chi connectivity index (χ2n) is 4.54. The number of carboxylic acid groups (broad SMARTS) is 1. The zero-order valence-electron chi connectivity index (χ0n) is 9.82. The quantitative estimate of drug-likeness (QED) is 0.519. The number of hydrogen-bond acceptors (Lipinski definition) is 3. The zero-order chi connectivity index (χ0) is 12.1. The maximum absolute atomic E-state index is 11.1. The fourth-order valence-electron chi connectivity index (χ4n) is 1.22. The molecule has 0 saturated heterocycles. The number of esters is 1. The summed E-state index contributed by atoms with van der Waals surface area (Å²) in [7, 11) is 5.78. The van der Waals surface area contributed by atoms with Gasteiger partial charge >= 0.3 is 11.9 Å². The van der Waals surface area contributed by atoms with E-state index in [0.29, 0.717) is 11.0 Å². The minimum absolute atomic E-state index is 0.138. The van der Waals surface area contributed by atoms with Crippen molar-refractivity contribution >= 4 is 11.9 Å². The Morgan fingerprint density at radius 3 is 2.20 bits per heavy atom. The Hall–Kier alpha value is -1.10. The van der Waals surface area contributed by atoms with Crippen LogP contribution >= 0.6 is 0 Å². The van der Waals surface area contributed by atoms with E-state index in [0.717, 1.165) is 0 Å². The van der Waals surface area contributed by atoms with Crippen LogP contribution in [0.1, 0.15) is 19.8 Å². The third-order valence-corrected chi connectivity index (χ3v) is 1.74. The molecule has 1 N–H and O–H groups in total. The van der Waals surface area contributed by atoms with Crippen LogP contribution in [-0.2, 0) is 14.3 Å². The van der Waals surface area contributed by atoms with Gasteiger partial charge in [-0.15, -0.1) is 0 Å². The number of likely N-dealkylation sites (N-methyl/N-ethyl adjacent to an activating group) is 1. The van der Waals surface area contributed by atoms with Gasteiger partial charge in [0.15, 0.2) is 6.10 Å². The Balaban J connectivity index is 4.31. The predicted octanol–water partition coefficient (Wildman–Crippen LogP) is 0.489. The summed E-state index contributed by atoms with van der Waals surface area (Å²) < 4.78 is 5.62. The summed E-state index contributed by atoms with van der Waals surface area (Å²) in [5.41, 5.74) is 0. The van der Waals surface area contributed by atoms with Crippen molar-refractivity contribution in [3.05, 3.63) is 0 Å². The van der Waals surface area contributed by atoms with Gasteiger partial charge in [-0.05, 0) is 0 Å². The average molecular weight is 217 g/mol.